The molecule has 1 amide bonds. The molecular formula is C25H27N3O. The molecule has 0 unspecified atom stereocenters. The Labute approximate surface area is 172 Å². The van der Waals surface area contributed by atoms with Crippen molar-refractivity contribution in [2.75, 3.05) is 11.9 Å². The maximum absolute atomic E-state index is 12.5. The summed E-state index contributed by atoms with van der Waals surface area (Å²) in [4.78, 5) is 17.0. The van der Waals surface area contributed by atoms with E-state index < -0.39 is 0 Å². The first kappa shape index (κ1) is 19.2. The average molecular weight is 386 g/mol. The Morgan fingerprint density at radius 3 is 2.38 bits per heavy atom. The second-order valence-corrected chi connectivity index (χ2v) is 7.82. The molecule has 0 saturated heterocycles. The summed E-state index contributed by atoms with van der Waals surface area (Å²) in [5.41, 5.74) is 5.25. The summed E-state index contributed by atoms with van der Waals surface area (Å²) in [7, 11) is 0. The number of carbonyl (C=O) groups is 1. The van der Waals surface area contributed by atoms with Gasteiger partial charge in [-0.05, 0) is 54.5 Å². The number of amides is 1. The molecule has 1 heterocycles. The first-order chi connectivity index (χ1) is 14.2. The number of rotatable bonds is 8. The van der Waals surface area contributed by atoms with Crippen LogP contribution in [-0.4, -0.2) is 17.4 Å². The van der Waals surface area contributed by atoms with Crippen LogP contribution in [0.5, 0.6) is 0 Å². The zero-order valence-electron chi connectivity index (χ0n) is 16.8. The minimum atomic E-state index is -0.122. The van der Waals surface area contributed by atoms with Crippen LogP contribution in [-0.2, 0) is 11.2 Å². The third-order valence-corrected chi connectivity index (χ3v) is 5.33. The standard InChI is InChI=1S/C25H27N3O/c1-18(24-14-13-23(17-27-24)26-16-20-7-8-20)28-25(29)15-19-9-11-22(12-10-19)21-5-3-2-4-6-21/h2-6,9-14,17-18,20,26H,7-8,15-16H2,1H3,(H,28,29)/t18-/m1/s1. The molecule has 0 spiro atoms. The first-order valence-corrected chi connectivity index (χ1v) is 10.3. The van der Waals surface area contributed by atoms with Crippen molar-refractivity contribution < 1.29 is 4.79 Å². The van der Waals surface area contributed by atoms with E-state index in [1.165, 1.54) is 18.4 Å². The van der Waals surface area contributed by atoms with Gasteiger partial charge < -0.3 is 10.6 Å². The Morgan fingerprint density at radius 1 is 1.00 bits per heavy atom. The van der Waals surface area contributed by atoms with E-state index in [0.29, 0.717) is 6.42 Å². The van der Waals surface area contributed by atoms with Crippen molar-refractivity contribution in [3.63, 3.8) is 0 Å². The molecule has 2 aromatic carbocycles. The van der Waals surface area contributed by atoms with Crippen molar-refractivity contribution in [2.45, 2.75) is 32.2 Å². The van der Waals surface area contributed by atoms with Gasteiger partial charge in [0.1, 0.15) is 0 Å². The Morgan fingerprint density at radius 2 is 1.72 bits per heavy atom. The maximum atomic E-state index is 12.5. The number of aromatic nitrogens is 1. The van der Waals surface area contributed by atoms with Gasteiger partial charge >= 0.3 is 0 Å². The van der Waals surface area contributed by atoms with E-state index in [4.69, 9.17) is 0 Å². The molecule has 3 aromatic rings. The van der Waals surface area contributed by atoms with Crippen LogP contribution in [0, 0.1) is 5.92 Å². The van der Waals surface area contributed by atoms with Gasteiger partial charge in [0, 0.05) is 6.54 Å². The van der Waals surface area contributed by atoms with Crippen molar-refractivity contribution in [1.82, 2.24) is 10.3 Å². The molecule has 1 aliphatic rings. The van der Waals surface area contributed by atoms with Gasteiger partial charge in [-0.2, -0.15) is 0 Å². The van der Waals surface area contributed by atoms with E-state index in [9.17, 15) is 4.79 Å². The van der Waals surface area contributed by atoms with Gasteiger partial charge in [0.15, 0.2) is 0 Å². The largest absolute Gasteiger partial charge is 0.384 e. The number of nitrogens with zero attached hydrogens (tertiary/aromatic N) is 1. The predicted octanol–water partition coefficient (Wildman–Crippen LogP) is 4.99. The Hall–Kier alpha value is -3.14. The molecule has 4 rings (SSSR count). The van der Waals surface area contributed by atoms with E-state index in [1.807, 2.05) is 55.6 Å². The van der Waals surface area contributed by atoms with Crippen LogP contribution in [0.15, 0.2) is 72.9 Å². The highest BCUT2D eigenvalue weighted by molar-refractivity contribution is 5.79. The van der Waals surface area contributed by atoms with Gasteiger partial charge in [0.2, 0.25) is 5.91 Å². The number of carbonyl (C=O) groups excluding carboxylic acids is 1. The lowest BCUT2D eigenvalue weighted by molar-refractivity contribution is -0.121. The van der Waals surface area contributed by atoms with Crippen molar-refractivity contribution in [3.05, 3.63) is 84.2 Å². The summed E-state index contributed by atoms with van der Waals surface area (Å²) < 4.78 is 0. The second-order valence-electron chi connectivity index (χ2n) is 7.82. The number of pyridine rings is 1. The summed E-state index contributed by atoms with van der Waals surface area (Å²) in [6.45, 7) is 2.99. The monoisotopic (exact) mass is 385 g/mol. The highest BCUT2D eigenvalue weighted by Crippen LogP contribution is 2.29. The van der Waals surface area contributed by atoms with E-state index in [-0.39, 0.29) is 11.9 Å². The van der Waals surface area contributed by atoms with E-state index in [1.54, 1.807) is 0 Å². The molecule has 1 saturated carbocycles. The smallest absolute Gasteiger partial charge is 0.224 e. The number of benzene rings is 2. The Kier molecular flexibility index (Phi) is 5.89. The van der Waals surface area contributed by atoms with E-state index >= 15 is 0 Å². The van der Waals surface area contributed by atoms with Crippen molar-refractivity contribution in [2.24, 2.45) is 5.92 Å². The molecule has 29 heavy (non-hydrogen) atoms. The fourth-order valence-electron chi connectivity index (χ4n) is 3.35. The predicted molar refractivity (Wildman–Crippen MR) is 118 cm³/mol. The summed E-state index contributed by atoms with van der Waals surface area (Å²) in [5, 5.41) is 6.46. The quantitative estimate of drug-likeness (QED) is 0.574. The molecule has 1 fully saturated rings. The lowest BCUT2D eigenvalue weighted by atomic mass is 10.0. The molecule has 1 atom stereocenters. The highest BCUT2D eigenvalue weighted by atomic mass is 16.1. The Bertz CT molecular complexity index is 932. The average Bonchev–Trinajstić information content (AvgIpc) is 3.58. The molecule has 1 aromatic heterocycles. The molecule has 0 radical (unpaired) electrons. The molecule has 1 aliphatic carbocycles. The summed E-state index contributed by atoms with van der Waals surface area (Å²) in [5.74, 6) is 0.831. The zero-order chi connectivity index (χ0) is 20.1. The van der Waals surface area contributed by atoms with Gasteiger partial charge in [-0.15, -0.1) is 0 Å². The van der Waals surface area contributed by atoms with Gasteiger partial charge in [-0.25, -0.2) is 0 Å². The molecule has 148 valence electrons. The summed E-state index contributed by atoms with van der Waals surface area (Å²) >= 11 is 0. The minimum absolute atomic E-state index is 0.00250. The van der Waals surface area contributed by atoms with Gasteiger partial charge in [-0.3, -0.25) is 9.78 Å². The lowest BCUT2D eigenvalue weighted by Crippen LogP contribution is -2.28. The van der Waals surface area contributed by atoms with Gasteiger partial charge in [-0.1, -0.05) is 54.6 Å². The number of hydrogen-bond acceptors (Lipinski definition) is 3. The topological polar surface area (TPSA) is 54.0 Å². The van der Waals surface area contributed by atoms with Crippen LogP contribution in [0.25, 0.3) is 11.1 Å². The Balaban J connectivity index is 1.29. The third kappa shape index (κ3) is 5.44. The number of hydrogen-bond donors (Lipinski definition) is 2. The summed E-state index contributed by atoms with van der Waals surface area (Å²) in [6.07, 6.45) is 4.87. The summed E-state index contributed by atoms with van der Waals surface area (Å²) in [6, 6.07) is 22.3. The molecular weight excluding hydrogens is 358 g/mol. The molecule has 0 aliphatic heterocycles. The van der Waals surface area contributed by atoms with E-state index in [0.717, 1.165) is 35.0 Å². The van der Waals surface area contributed by atoms with Gasteiger partial charge in [0.25, 0.3) is 0 Å². The highest BCUT2D eigenvalue weighted by Gasteiger charge is 2.20. The van der Waals surface area contributed by atoms with Crippen LogP contribution >= 0.6 is 0 Å². The SMILES string of the molecule is C[C@@H](NC(=O)Cc1ccc(-c2ccccc2)cc1)c1ccc(NCC2CC2)cn1. The van der Waals surface area contributed by atoms with Gasteiger partial charge in [0.05, 0.1) is 30.0 Å². The maximum Gasteiger partial charge on any atom is 0.224 e. The minimum Gasteiger partial charge on any atom is -0.384 e. The van der Waals surface area contributed by atoms with Crippen LogP contribution in [0.2, 0.25) is 0 Å². The third-order valence-electron chi connectivity index (χ3n) is 5.33. The van der Waals surface area contributed by atoms with Crippen molar-refractivity contribution in [3.8, 4) is 11.1 Å². The first-order valence-electron chi connectivity index (χ1n) is 10.3. The molecule has 4 heteroatoms. The molecule has 4 nitrogen and oxygen atoms in total. The van der Waals surface area contributed by atoms with Crippen LogP contribution in [0.4, 0.5) is 5.69 Å². The fraction of sp³-hybridized carbons (Fsp3) is 0.280. The molecule has 2 N–H and O–H groups in total. The normalized spacial score (nSPS) is 14.2. The number of anilines is 1. The van der Waals surface area contributed by atoms with Crippen LogP contribution in [0.1, 0.15) is 37.1 Å². The van der Waals surface area contributed by atoms with Crippen LogP contribution < -0.4 is 10.6 Å². The lowest BCUT2D eigenvalue weighted by Gasteiger charge is -2.14. The number of nitrogens with one attached hydrogen (secondary N) is 2. The van der Waals surface area contributed by atoms with Crippen LogP contribution in [0.3, 0.4) is 0 Å². The van der Waals surface area contributed by atoms with Crippen molar-refractivity contribution >= 4 is 11.6 Å². The zero-order valence-corrected chi connectivity index (χ0v) is 16.8. The van der Waals surface area contributed by atoms with Crippen molar-refractivity contribution in [1.29, 1.82) is 0 Å². The fourth-order valence-corrected chi connectivity index (χ4v) is 3.35. The molecule has 0 bridgehead atoms. The second kappa shape index (κ2) is 8.91. The van der Waals surface area contributed by atoms with E-state index in [2.05, 4.69) is 39.9 Å².